The van der Waals surface area contributed by atoms with Crippen molar-refractivity contribution in [1.29, 1.82) is 0 Å². The Morgan fingerprint density at radius 1 is 1.36 bits per heavy atom. The number of hydrogen-bond acceptors (Lipinski definition) is 2. The van der Waals surface area contributed by atoms with Crippen LogP contribution in [0.3, 0.4) is 0 Å². The summed E-state index contributed by atoms with van der Waals surface area (Å²) in [4.78, 5) is 0.600. The van der Waals surface area contributed by atoms with Crippen molar-refractivity contribution in [1.82, 2.24) is 0 Å². The van der Waals surface area contributed by atoms with Crippen LogP contribution in [-0.2, 0) is 0 Å². The zero-order valence-electron chi connectivity index (χ0n) is 6.32. The first-order valence-corrected chi connectivity index (χ1v) is 4.90. The molecular formula is C8H11NOS. The van der Waals surface area contributed by atoms with Crippen LogP contribution in [0.4, 0.5) is 0 Å². The second-order valence-electron chi connectivity index (χ2n) is 2.49. The van der Waals surface area contributed by atoms with Gasteiger partial charge < -0.3 is 4.55 Å². The molecule has 0 bridgehead atoms. The number of rotatable bonds is 1. The average Bonchev–Trinajstić information content (AvgIpc) is 1.86. The molecule has 0 saturated carbocycles. The zero-order chi connectivity index (χ0) is 8.48. The molecule has 60 valence electrons. The molecule has 3 N–H and O–H groups in total. The quantitative estimate of drug-likeness (QED) is 0.676. The minimum absolute atomic E-state index is 0.600. The van der Waals surface area contributed by atoms with Crippen LogP contribution in [0.25, 0.3) is 0 Å². The molecule has 11 heavy (non-hydrogen) atoms. The van der Waals surface area contributed by atoms with E-state index >= 15 is 0 Å². The fourth-order valence-corrected chi connectivity index (χ4v) is 1.33. The van der Waals surface area contributed by atoms with Gasteiger partial charge in [0.05, 0.1) is 6.26 Å². The second-order valence-corrected chi connectivity index (χ2v) is 4.31. The first-order valence-electron chi connectivity index (χ1n) is 3.18. The standard InChI is InChI=1S/C8H11NOS/c1-7-3-5-8(6-4-7)11(2,9)10/h2-6,10H,9H2,1H3. The van der Waals surface area contributed by atoms with Gasteiger partial charge in [-0.05, 0) is 19.1 Å². The predicted octanol–water partition coefficient (Wildman–Crippen LogP) is 2.17. The van der Waals surface area contributed by atoms with Crippen LogP contribution in [0.1, 0.15) is 5.56 Å². The fraction of sp³-hybridized carbons (Fsp3) is 0.125. The van der Waals surface area contributed by atoms with Gasteiger partial charge in [0.2, 0.25) is 0 Å². The summed E-state index contributed by atoms with van der Waals surface area (Å²) in [7, 11) is -2.52. The summed E-state index contributed by atoms with van der Waals surface area (Å²) in [6.45, 7) is 1.96. The molecule has 0 aliphatic heterocycles. The highest BCUT2D eigenvalue weighted by Gasteiger charge is 2.09. The first-order chi connectivity index (χ1) is 5.00. The van der Waals surface area contributed by atoms with Crippen molar-refractivity contribution in [2.45, 2.75) is 11.8 Å². The highest BCUT2D eigenvalue weighted by atomic mass is 32.3. The van der Waals surface area contributed by atoms with Gasteiger partial charge in [-0.15, -0.1) is 0 Å². The Morgan fingerprint density at radius 2 is 1.82 bits per heavy atom. The van der Waals surface area contributed by atoms with Crippen LogP contribution in [0.2, 0.25) is 0 Å². The maximum Gasteiger partial charge on any atom is 0.0570 e. The normalized spacial score (nSPS) is 18.9. The summed E-state index contributed by atoms with van der Waals surface area (Å²) in [6, 6.07) is 7.22. The lowest BCUT2D eigenvalue weighted by molar-refractivity contribution is 0.635. The van der Waals surface area contributed by atoms with E-state index in [0.717, 1.165) is 5.56 Å². The van der Waals surface area contributed by atoms with E-state index in [0.29, 0.717) is 4.90 Å². The molecule has 0 amide bonds. The van der Waals surface area contributed by atoms with Crippen molar-refractivity contribution >= 4 is 10.5 Å². The summed E-state index contributed by atoms with van der Waals surface area (Å²) < 4.78 is 9.22. The Labute approximate surface area is 68.7 Å². The third-order valence-electron chi connectivity index (χ3n) is 1.40. The van der Waals surface area contributed by atoms with Crippen LogP contribution in [0.5, 0.6) is 0 Å². The van der Waals surface area contributed by atoms with Crippen LogP contribution in [0.15, 0.2) is 29.2 Å². The van der Waals surface area contributed by atoms with Crippen molar-refractivity contribution in [3.05, 3.63) is 36.1 Å². The van der Waals surface area contributed by atoms with Crippen LogP contribution in [0, 0.1) is 13.2 Å². The Balaban J connectivity index is 2.99. The molecule has 1 unspecified atom stereocenters. The summed E-state index contributed by atoms with van der Waals surface area (Å²) in [5.41, 5.74) is 1.12. The molecule has 0 aliphatic carbocycles. The van der Waals surface area contributed by atoms with Gasteiger partial charge in [0, 0.05) is 4.90 Å². The zero-order valence-corrected chi connectivity index (χ0v) is 7.14. The van der Waals surface area contributed by atoms with E-state index < -0.39 is 10.5 Å². The SMILES string of the molecule is [CH]S(N)(O)c1ccc(C)cc1. The predicted molar refractivity (Wildman–Crippen MR) is 48.2 cm³/mol. The minimum atomic E-state index is -2.52. The van der Waals surface area contributed by atoms with Gasteiger partial charge in [0.1, 0.15) is 0 Å². The summed E-state index contributed by atoms with van der Waals surface area (Å²) in [5, 5.41) is 5.32. The van der Waals surface area contributed by atoms with E-state index in [9.17, 15) is 4.55 Å². The van der Waals surface area contributed by atoms with Crippen molar-refractivity contribution < 1.29 is 4.55 Å². The van der Waals surface area contributed by atoms with E-state index in [1.54, 1.807) is 12.1 Å². The number of nitrogens with two attached hydrogens (primary N) is 1. The van der Waals surface area contributed by atoms with E-state index in [4.69, 9.17) is 11.4 Å². The molecule has 0 saturated heterocycles. The monoisotopic (exact) mass is 169 g/mol. The lowest BCUT2D eigenvalue weighted by Gasteiger charge is -2.22. The number of aryl methyl sites for hydroxylation is 1. The van der Waals surface area contributed by atoms with Crippen LogP contribution < -0.4 is 5.14 Å². The average molecular weight is 169 g/mol. The lowest BCUT2D eigenvalue weighted by atomic mass is 10.2. The molecule has 1 aromatic carbocycles. The van der Waals surface area contributed by atoms with Gasteiger partial charge in [0.15, 0.2) is 0 Å². The molecule has 1 rings (SSSR count). The molecule has 0 fully saturated rings. The number of benzene rings is 1. The highest BCUT2D eigenvalue weighted by molar-refractivity contribution is 8.28. The third-order valence-corrected chi connectivity index (χ3v) is 2.43. The molecule has 3 heteroatoms. The smallest absolute Gasteiger partial charge is 0.0570 e. The van der Waals surface area contributed by atoms with Crippen LogP contribution in [-0.4, -0.2) is 4.55 Å². The Kier molecular flexibility index (Phi) is 2.23. The lowest BCUT2D eigenvalue weighted by Crippen LogP contribution is -2.04. The van der Waals surface area contributed by atoms with E-state index in [-0.39, 0.29) is 0 Å². The fourth-order valence-electron chi connectivity index (χ4n) is 0.756. The van der Waals surface area contributed by atoms with Gasteiger partial charge >= 0.3 is 0 Å². The molecule has 1 atom stereocenters. The first kappa shape index (κ1) is 8.59. The van der Waals surface area contributed by atoms with Crippen molar-refractivity contribution in [3.8, 4) is 0 Å². The van der Waals surface area contributed by atoms with Gasteiger partial charge in [-0.2, -0.15) is 0 Å². The second kappa shape index (κ2) is 2.85. The number of hydrogen-bond donors (Lipinski definition) is 2. The molecule has 2 radical (unpaired) electrons. The summed E-state index contributed by atoms with van der Waals surface area (Å²) in [5.74, 6) is 0. The van der Waals surface area contributed by atoms with Gasteiger partial charge in [-0.25, -0.2) is 0 Å². The Bertz CT molecular complexity index is 237. The van der Waals surface area contributed by atoms with Gasteiger partial charge in [0.25, 0.3) is 0 Å². The molecule has 0 spiro atoms. The topological polar surface area (TPSA) is 46.2 Å². The molecule has 1 aromatic rings. The molecule has 2 nitrogen and oxygen atoms in total. The third kappa shape index (κ3) is 2.22. The van der Waals surface area contributed by atoms with E-state index in [2.05, 4.69) is 0 Å². The van der Waals surface area contributed by atoms with E-state index in [1.165, 1.54) is 0 Å². The van der Waals surface area contributed by atoms with Gasteiger partial charge in [-0.1, -0.05) is 28.2 Å². The molecule has 0 aromatic heterocycles. The maximum absolute atomic E-state index is 9.22. The Morgan fingerprint density at radius 3 is 2.18 bits per heavy atom. The molecular weight excluding hydrogens is 158 g/mol. The van der Waals surface area contributed by atoms with Crippen molar-refractivity contribution in [3.63, 3.8) is 0 Å². The largest absolute Gasteiger partial charge is 0.334 e. The van der Waals surface area contributed by atoms with Crippen molar-refractivity contribution in [2.75, 3.05) is 0 Å². The summed E-state index contributed by atoms with van der Waals surface area (Å²) in [6.07, 6.45) is 5.32. The minimum Gasteiger partial charge on any atom is -0.334 e. The maximum atomic E-state index is 9.22. The van der Waals surface area contributed by atoms with Crippen molar-refractivity contribution in [2.24, 2.45) is 5.14 Å². The summed E-state index contributed by atoms with van der Waals surface area (Å²) >= 11 is 0. The molecule has 0 heterocycles. The van der Waals surface area contributed by atoms with Crippen LogP contribution >= 0.6 is 10.5 Å². The Hall–Kier alpha value is -0.510. The highest BCUT2D eigenvalue weighted by Crippen LogP contribution is 2.42. The van der Waals surface area contributed by atoms with E-state index in [1.807, 2.05) is 19.1 Å². The van der Waals surface area contributed by atoms with Gasteiger partial charge in [-0.3, -0.25) is 5.14 Å². The molecule has 0 aliphatic rings.